The van der Waals surface area contributed by atoms with Crippen molar-refractivity contribution in [3.8, 4) is 11.5 Å². The summed E-state index contributed by atoms with van der Waals surface area (Å²) in [4.78, 5) is 3.91. The van der Waals surface area contributed by atoms with Gasteiger partial charge in [-0.3, -0.25) is 0 Å². The molecule has 0 unspecified atom stereocenters. The number of hydrogen-bond acceptors (Lipinski definition) is 3. The van der Waals surface area contributed by atoms with Crippen LogP contribution in [0, 0.1) is 11.6 Å². The zero-order valence-electron chi connectivity index (χ0n) is 13.2. The molecule has 0 radical (unpaired) electrons. The minimum Gasteiger partial charge on any atom is -0.489 e. The number of ether oxygens (including phenoxy) is 2. The van der Waals surface area contributed by atoms with Gasteiger partial charge in [0.1, 0.15) is 18.2 Å². The Morgan fingerprint density at radius 3 is 2.38 bits per heavy atom. The van der Waals surface area contributed by atoms with E-state index in [-0.39, 0.29) is 30.6 Å². The highest BCUT2D eigenvalue weighted by Gasteiger charge is 2.30. The SMILES string of the molecule is NC(=NCCOc1ccc(F)cc1F)Nc1ccc(OC(F)(F)F)cc1. The van der Waals surface area contributed by atoms with Crippen molar-refractivity contribution in [1.82, 2.24) is 0 Å². The molecule has 2 aromatic carbocycles. The summed E-state index contributed by atoms with van der Waals surface area (Å²) < 4.78 is 71.1. The molecule has 0 heterocycles. The van der Waals surface area contributed by atoms with Crippen LogP contribution >= 0.6 is 0 Å². The molecule has 5 nitrogen and oxygen atoms in total. The van der Waals surface area contributed by atoms with Crippen LogP contribution in [0.4, 0.5) is 27.6 Å². The number of anilines is 1. The summed E-state index contributed by atoms with van der Waals surface area (Å²) in [6.07, 6.45) is -4.76. The second-order valence-electron chi connectivity index (χ2n) is 4.89. The Morgan fingerprint density at radius 1 is 1.08 bits per heavy atom. The van der Waals surface area contributed by atoms with Gasteiger partial charge in [0.15, 0.2) is 17.5 Å². The number of halogens is 5. The van der Waals surface area contributed by atoms with Gasteiger partial charge in [-0.15, -0.1) is 13.2 Å². The van der Waals surface area contributed by atoms with E-state index in [1.54, 1.807) is 0 Å². The molecule has 0 bridgehead atoms. The minimum absolute atomic E-state index is 0.0106. The number of nitrogens with two attached hydrogens (primary N) is 1. The topological polar surface area (TPSA) is 68.9 Å². The van der Waals surface area contributed by atoms with Gasteiger partial charge in [-0.25, -0.2) is 13.8 Å². The van der Waals surface area contributed by atoms with E-state index in [9.17, 15) is 22.0 Å². The first-order valence-corrected chi connectivity index (χ1v) is 7.23. The van der Waals surface area contributed by atoms with E-state index < -0.39 is 18.0 Å². The van der Waals surface area contributed by atoms with Crippen LogP contribution in [-0.4, -0.2) is 25.5 Å². The van der Waals surface area contributed by atoms with E-state index in [1.165, 1.54) is 12.1 Å². The van der Waals surface area contributed by atoms with Gasteiger partial charge in [0.05, 0.1) is 6.54 Å². The molecular formula is C16H14F5N3O2. The zero-order chi connectivity index (χ0) is 19.2. The highest BCUT2D eigenvalue weighted by atomic mass is 19.4. The maximum absolute atomic E-state index is 13.3. The van der Waals surface area contributed by atoms with Crippen LogP contribution in [0.3, 0.4) is 0 Å². The van der Waals surface area contributed by atoms with Crippen molar-refractivity contribution < 1.29 is 31.4 Å². The molecule has 0 amide bonds. The molecule has 2 rings (SSSR count). The van der Waals surface area contributed by atoms with Gasteiger partial charge in [0.2, 0.25) is 0 Å². The fourth-order valence-electron chi connectivity index (χ4n) is 1.84. The van der Waals surface area contributed by atoms with Crippen LogP contribution in [0.1, 0.15) is 0 Å². The standard InChI is InChI=1S/C16H14F5N3O2/c17-10-1-6-14(13(18)9-10)25-8-7-23-15(22)24-11-2-4-12(5-3-11)26-16(19,20)21/h1-6,9H,7-8H2,(H3,22,23,24). The Hall–Kier alpha value is -3.04. The van der Waals surface area contributed by atoms with Crippen molar-refractivity contribution in [1.29, 1.82) is 0 Å². The molecule has 0 saturated heterocycles. The van der Waals surface area contributed by atoms with Crippen LogP contribution in [-0.2, 0) is 0 Å². The van der Waals surface area contributed by atoms with Crippen LogP contribution < -0.4 is 20.5 Å². The Morgan fingerprint density at radius 2 is 1.77 bits per heavy atom. The predicted molar refractivity (Wildman–Crippen MR) is 85.1 cm³/mol. The molecule has 0 aliphatic heterocycles. The van der Waals surface area contributed by atoms with Crippen molar-refractivity contribution in [2.24, 2.45) is 10.7 Å². The number of benzene rings is 2. The highest BCUT2D eigenvalue weighted by Crippen LogP contribution is 2.23. The molecule has 10 heteroatoms. The number of aliphatic imine (C=N–C) groups is 1. The van der Waals surface area contributed by atoms with Gasteiger partial charge in [-0.05, 0) is 36.4 Å². The number of nitrogens with one attached hydrogen (secondary N) is 1. The monoisotopic (exact) mass is 375 g/mol. The number of alkyl halides is 3. The van der Waals surface area contributed by atoms with Crippen LogP contribution in [0.5, 0.6) is 11.5 Å². The van der Waals surface area contributed by atoms with Gasteiger partial charge in [-0.1, -0.05) is 0 Å². The molecule has 3 N–H and O–H groups in total. The molecule has 2 aromatic rings. The zero-order valence-corrected chi connectivity index (χ0v) is 13.2. The minimum atomic E-state index is -4.76. The Bertz CT molecular complexity index is 763. The summed E-state index contributed by atoms with van der Waals surface area (Å²) in [5, 5.41) is 2.66. The summed E-state index contributed by atoms with van der Waals surface area (Å²) in [6, 6.07) is 7.79. The highest BCUT2D eigenvalue weighted by molar-refractivity contribution is 5.92. The third kappa shape index (κ3) is 6.46. The fraction of sp³-hybridized carbons (Fsp3) is 0.188. The van der Waals surface area contributed by atoms with Crippen molar-refractivity contribution in [3.63, 3.8) is 0 Å². The van der Waals surface area contributed by atoms with E-state index in [4.69, 9.17) is 10.5 Å². The van der Waals surface area contributed by atoms with E-state index >= 15 is 0 Å². The lowest BCUT2D eigenvalue weighted by Gasteiger charge is -2.10. The van der Waals surface area contributed by atoms with Crippen molar-refractivity contribution in [3.05, 3.63) is 54.1 Å². The third-order valence-corrected chi connectivity index (χ3v) is 2.89. The van der Waals surface area contributed by atoms with Gasteiger partial charge in [0.25, 0.3) is 0 Å². The number of rotatable bonds is 6. The summed E-state index contributed by atoms with van der Waals surface area (Å²) >= 11 is 0. The van der Waals surface area contributed by atoms with Gasteiger partial charge >= 0.3 is 6.36 Å². The number of hydrogen-bond donors (Lipinski definition) is 2. The Labute approximate surface area is 145 Å². The lowest BCUT2D eigenvalue weighted by molar-refractivity contribution is -0.274. The summed E-state index contributed by atoms with van der Waals surface area (Å²) in [5.74, 6) is -2.05. The first kappa shape index (κ1) is 19.3. The average molecular weight is 375 g/mol. The molecule has 140 valence electrons. The van der Waals surface area contributed by atoms with E-state index in [0.717, 1.165) is 24.3 Å². The van der Waals surface area contributed by atoms with Gasteiger partial charge in [0, 0.05) is 11.8 Å². The molecule has 0 atom stereocenters. The maximum atomic E-state index is 13.3. The molecule has 0 aliphatic carbocycles. The second kappa shape index (κ2) is 8.37. The average Bonchev–Trinajstić information content (AvgIpc) is 2.54. The third-order valence-electron chi connectivity index (χ3n) is 2.89. The van der Waals surface area contributed by atoms with E-state index in [0.29, 0.717) is 11.8 Å². The number of nitrogens with zero attached hydrogens (tertiary/aromatic N) is 1. The maximum Gasteiger partial charge on any atom is 0.573 e. The van der Waals surface area contributed by atoms with Crippen LogP contribution in [0.15, 0.2) is 47.5 Å². The normalized spacial score (nSPS) is 12.0. The first-order chi connectivity index (χ1) is 12.2. The molecule has 0 aromatic heterocycles. The molecular weight excluding hydrogens is 361 g/mol. The van der Waals surface area contributed by atoms with Crippen molar-refractivity contribution >= 4 is 11.6 Å². The van der Waals surface area contributed by atoms with Crippen LogP contribution in [0.2, 0.25) is 0 Å². The Balaban J connectivity index is 1.80. The largest absolute Gasteiger partial charge is 0.573 e. The lowest BCUT2D eigenvalue weighted by atomic mass is 10.3. The molecule has 26 heavy (non-hydrogen) atoms. The quantitative estimate of drug-likeness (QED) is 0.350. The van der Waals surface area contributed by atoms with E-state index in [1.807, 2.05) is 0 Å². The van der Waals surface area contributed by atoms with E-state index in [2.05, 4.69) is 15.0 Å². The second-order valence-corrected chi connectivity index (χ2v) is 4.89. The number of guanidine groups is 1. The first-order valence-electron chi connectivity index (χ1n) is 7.23. The summed E-state index contributed by atoms with van der Waals surface area (Å²) in [7, 11) is 0. The summed E-state index contributed by atoms with van der Waals surface area (Å²) in [5.41, 5.74) is 6.02. The summed E-state index contributed by atoms with van der Waals surface area (Å²) in [6.45, 7) is 0.0637. The molecule has 0 fully saturated rings. The van der Waals surface area contributed by atoms with Gasteiger partial charge in [-0.2, -0.15) is 0 Å². The molecule has 0 spiro atoms. The van der Waals surface area contributed by atoms with Crippen molar-refractivity contribution in [2.45, 2.75) is 6.36 Å². The van der Waals surface area contributed by atoms with Crippen molar-refractivity contribution in [2.75, 3.05) is 18.5 Å². The Kier molecular flexibility index (Phi) is 6.21. The van der Waals surface area contributed by atoms with Gasteiger partial charge < -0.3 is 20.5 Å². The van der Waals surface area contributed by atoms with Crippen LogP contribution in [0.25, 0.3) is 0 Å². The fourth-order valence-corrected chi connectivity index (χ4v) is 1.84. The predicted octanol–water partition coefficient (Wildman–Crippen LogP) is 3.67. The molecule has 0 aliphatic rings. The lowest BCUT2D eigenvalue weighted by Crippen LogP contribution is -2.23. The smallest absolute Gasteiger partial charge is 0.489 e. The molecule has 0 saturated carbocycles.